The number of anilines is 1. The van der Waals surface area contributed by atoms with Gasteiger partial charge in [0.1, 0.15) is 21.9 Å². The first-order valence-corrected chi connectivity index (χ1v) is 7.81. The van der Waals surface area contributed by atoms with E-state index in [1.165, 1.54) is 30.5 Å². The van der Waals surface area contributed by atoms with Crippen molar-refractivity contribution in [2.24, 2.45) is 0 Å². The smallest absolute Gasteiger partial charge is 0.346 e. The van der Waals surface area contributed by atoms with Crippen LogP contribution < -0.4 is 5.32 Å². The first-order valence-electron chi connectivity index (χ1n) is 6.99. The van der Waals surface area contributed by atoms with Gasteiger partial charge in [-0.2, -0.15) is 0 Å². The number of thiophene rings is 1. The van der Waals surface area contributed by atoms with Gasteiger partial charge in [-0.1, -0.05) is 0 Å². The molecule has 0 radical (unpaired) electrons. The normalized spacial score (nSPS) is 14.8. The number of aryl methyl sites for hydroxylation is 1. The van der Waals surface area contributed by atoms with Crippen molar-refractivity contribution in [1.82, 2.24) is 14.9 Å². The molecule has 0 saturated heterocycles. The minimum atomic E-state index is -0.907. The van der Waals surface area contributed by atoms with Gasteiger partial charge in [0.25, 0.3) is 0 Å². The van der Waals surface area contributed by atoms with Gasteiger partial charge in [0.2, 0.25) is 0 Å². The molecule has 0 unspecified atom stereocenters. The van der Waals surface area contributed by atoms with Crippen molar-refractivity contribution in [3.8, 4) is 0 Å². The highest BCUT2D eigenvalue weighted by Gasteiger charge is 2.25. The Morgan fingerprint density at radius 1 is 1.52 bits per heavy atom. The lowest BCUT2D eigenvalue weighted by molar-refractivity contribution is 0.0701. The summed E-state index contributed by atoms with van der Waals surface area (Å²) < 4.78 is 0. The van der Waals surface area contributed by atoms with E-state index in [1.807, 2.05) is 6.92 Å². The molecular weight excluding hydrogens is 288 g/mol. The fourth-order valence-corrected chi connectivity index (χ4v) is 3.45. The highest BCUT2D eigenvalue weighted by molar-refractivity contribution is 7.20. The Morgan fingerprint density at radius 3 is 2.95 bits per heavy atom. The molecule has 6 nitrogen and oxygen atoms in total. The van der Waals surface area contributed by atoms with Crippen molar-refractivity contribution in [2.75, 3.05) is 25.5 Å². The van der Waals surface area contributed by atoms with Gasteiger partial charge in [0, 0.05) is 19.1 Å². The fourth-order valence-electron chi connectivity index (χ4n) is 2.46. The molecule has 0 bridgehead atoms. The Labute approximate surface area is 126 Å². The Morgan fingerprint density at radius 2 is 2.29 bits per heavy atom. The second kappa shape index (κ2) is 5.57. The summed E-state index contributed by atoms with van der Waals surface area (Å²) in [6, 6.07) is 0.735. The number of rotatable bonds is 6. The average Bonchev–Trinajstić information content (AvgIpc) is 3.23. The minimum Gasteiger partial charge on any atom is -0.477 e. The molecule has 1 aliphatic rings. The van der Waals surface area contributed by atoms with Crippen LogP contribution in [0.3, 0.4) is 0 Å². The van der Waals surface area contributed by atoms with Gasteiger partial charge in [0.15, 0.2) is 0 Å². The van der Waals surface area contributed by atoms with Crippen LogP contribution in [0.4, 0.5) is 5.82 Å². The first kappa shape index (κ1) is 14.2. The van der Waals surface area contributed by atoms with Gasteiger partial charge in [-0.15, -0.1) is 11.3 Å². The van der Waals surface area contributed by atoms with E-state index in [0.29, 0.717) is 4.88 Å². The second-order valence-electron chi connectivity index (χ2n) is 5.40. The predicted octanol–water partition coefficient (Wildman–Crippen LogP) is 2.20. The maximum atomic E-state index is 11.2. The van der Waals surface area contributed by atoms with Gasteiger partial charge in [0.05, 0.1) is 5.39 Å². The number of carboxylic acids is 1. The van der Waals surface area contributed by atoms with Crippen LogP contribution in [-0.4, -0.2) is 52.1 Å². The molecular formula is C14H18N4O2S. The molecule has 1 saturated carbocycles. The van der Waals surface area contributed by atoms with E-state index in [2.05, 4.69) is 27.2 Å². The Balaban J connectivity index is 1.79. The van der Waals surface area contributed by atoms with Crippen LogP contribution in [0.5, 0.6) is 0 Å². The van der Waals surface area contributed by atoms with Crippen LogP contribution in [0.1, 0.15) is 28.1 Å². The van der Waals surface area contributed by atoms with E-state index in [1.54, 1.807) is 0 Å². The largest absolute Gasteiger partial charge is 0.477 e. The van der Waals surface area contributed by atoms with Gasteiger partial charge in [-0.3, -0.25) is 0 Å². The second-order valence-corrected chi connectivity index (χ2v) is 6.40. The van der Waals surface area contributed by atoms with Crippen LogP contribution >= 0.6 is 11.3 Å². The Kier molecular flexibility index (Phi) is 3.77. The molecule has 21 heavy (non-hydrogen) atoms. The predicted molar refractivity (Wildman–Crippen MR) is 83.3 cm³/mol. The van der Waals surface area contributed by atoms with Gasteiger partial charge in [-0.25, -0.2) is 14.8 Å². The van der Waals surface area contributed by atoms with Crippen LogP contribution in [0, 0.1) is 6.92 Å². The lowest BCUT2D eigenvalue weighted by Crippen LogP contribution is -2.27. The van der Waals surface area contributed by atoms with Crippen molar-refractivity contribution in [3.05, 3.63) is 16.8 Å². The topological polar surface area (TPSA) is 78.3 Å². The molecule has 0 aromatic carbocycles. The van der Waals surface area contributed by atoms with E-state index in [-0.39, 0.29) is 0 Å². The number of aromatic nitrogens is 2. The lowest BCUT2D eigenvalue weighted by atomic mass is 10.2. The van der Waals surface area contributed by atoms with Gasteiger partial charge < -0.3 is 15.3 Å². The average molecular weight is 306 g/mol. The third kappa shape index (κ3) is 2.84. The van der Waals surface area contributed by atoms with Crippen molar-refractivity contribution >= 4 is 33.3 Å². The fraction of sp³-hybridized carbons (Fsp3) is 0.500. The summed E-state index contributed by atoms with van der Waals surface area (Å²) in [5, 5.41) is 13.4. The van der Waals surface area contributed by atoms with Crippen molar-refractivity contribution in [2.45, 2.75) is 25.8 Å². The summed E-state index contributed by atoms with van der Waals surface area (Å²) in [4.78, 5) is 23.1. The molecule has 2 aromatic heterocycles. The Hall–Kier alpha value is -1.73. The quantitative estimate of drug-likeness (QED) is 0.852. The Bertz CT molecular complexity index is 681. The summed E-state index contributed by atoms with van der Waals surface area (Å²) in [6.07, 6.45) is 4.07. The van der Waals surface area contributed by atoms with Crippen LogP contribution in [0.15, 0.2) is 6.33 Å². The number of carbonyl (C=O) groups is 1. The summed E-state index contributed by atoms with van der Waals surface area (Å²) >= 11 is 1.20. The number of aromatic carboxylic acids is 1. The van der Waals surface area contributed by atoms with Crippen molar-refractivity contribution < 1.29 is 9.90 Å². The molecule has 0 aliphatic heterocycles. The summed E-state index contributed by atoms with van der Waals surface area (Å²) in [5.74, 6) is -0.180. The summed E-state index contributed by atoms with van der Waals surface area (Å²) in [6.45, 7) is 3.55. The molecule has 7 heteroatoms. The zero-order valence-corrected chi connectivity index (χ0v) is 12.9. The standard InChI is InChI=1S/C14H18N4O2S/c1-8-10-12(15-5-6-18(2)9-3-4-9)16-7-17-13(10)21-11(8)14(19)20/h7,9H,3-6H2,1-2H3,(H,19,20)(H,15,16,17). The first-order chi connectivity index (χ1) is 10.1. The number of nitrogens with one attached hydrogen (secondary N) is 1. The molecule has 1 fully saturated rings. The summed E-state index contributed by atoms with van der Waals surface area (Å²) in [7, 11) is 2.13. The highest BCUT2D eigenvalue weighted by atomic mass is 32.1. The van der Waals surface area contributed by atoms with Crippen LogP contribution in [0.25, 0.3) is 10.2 Å². The number of hydrogen-bond acceptors (Lipinski definition) is 6. The maximum absolute atomic E-state index is 11.2. The number of nitrogens with zero attached hydrogens (tertiary/aromatic N) is 3. The van der Waals surface area contributed by atoms with E-state index < -0.39 is 5.97 Å². The van der Waals surface area contributed by atoms with Crippen molar-refractivity contribution in [3.63, 3.8) is 0 Å². The van der Waals surface area contributed by atoms with Crippen LogP contribution in [0.2, 0.25) is 0 Å². The maximum Gasteiger partial charge on any atom is 0.346 e. The minimum absolute atomic E-state index is 0.337. The molecule has 0 spiro atoms. The molecule has 0 atom stereocenters. The van der Waals surface area contributed by atoms with E-state index >= 15 is 0 Å². The zero-order valence-electron chi connectivity index (χ0n) is 12.1. The molecule has 2 aromatic rings. The zero-order chi connectivity index (χ0) is 15.0. The molecule has 1 aliphatic carbocycles. The lowest BCUT2D eigenvalue weighted by Gasteiger charge is -2.16. The van der Waals surface area contributed by atoms with Gasteiger partial charge >= 0.3 is 5.97 Å². The molecule has 2 N–H and O–H groups in total. The van der Waals surface area contributed by atoms with Crippen molar-refractivity contribution in [1.29, 1.82) is 0 Å². The SMILES string of the molecule is Cc1c(C(=O)O)sc2ncnc(NCCN(C)C3CC3)c12. The van der Waals surface area contributed by atoms with Gasteiger partial charge in [-0.05, 0) is 32.4 Å². The number of fused-ring (bicyclic) bond motifs is 1. The highest BCUT2D eigenvalue weighted by Crippen LogP contribution is 2.33. The number of carboxylic acid groups (broad SMARTS) is 1. The number of likely N-dealkylation sites (N-methyl/N-ethyl adjacent to an activating group) is 1. The summed E-state index contributed by atoms with van der Waals surface area (Å²) in [5.41, 5.74) is 0.737. The third-order valence-corrected chi connectivity index (χ3v) is 5.04. The van der Waals surface area contributed by atoms with E-state index in [0.717, 1.165) is 40.7 Å². The molecule has 3 rings (SSSR count). The molecule has 0 amide bonds. The monoisotopic (exact) mass is 306 g/mol. The van der Waals surface area contributed by atoms with E-state index in [9.17, 15) is 9.90 Å². The third-order valence-electron chi connectivity index (χ3n) is 3.85. The molecule has 2 heterocycles. The van der Waals surface area contributed by atoms with E-state index in [4.69, 9.17) is 0 Å². The molecule has 112 valence electrons. The van der Waals surface area contributed by atoms with Crippen LogP contribution in [-0.2, 0) is 0 Å². The number of hydrogen-bond donors (Lipinski definition) is 2.